The summed E-state index contributed by atoms with van der Waals surface area (Å²) in [6.45, 7) is 1.93. The van der Waals surface area contributed by atoms with Gasteiger partial charge in [-0.15, -0.1) is 0 Å². The minimum Gasteiger partial charge on any atom is -0.497 e. The molecule has 13 heavy (non-hydrogen) atoms. The minimum absolute atomic E-state index is 0.0494. The van der Waals surface area contributed by atoms with Gasteiger partial charge >= 0.3 is 0 Å². The fourth-order valence-electron chi connectivity index (χ4n) is 1.14. The molecule has 1 aromatic rings. The second-order valence-electron chi connectivity index (χ2n) is 3.00. The van der Waals surface area contributed by atoms with Gasteiger partial charge in [0.1, 0.15) is 5.75 Å². The van der Waals surface area contributed by atoms with E-state index in [9.17, 15) is 0 Å². The first-order chi connectivity index (χ1) is 6.26. The third-order valence-electron chi connectivity index (χ3n) is 1.91. The predicted molar refractivity (Wildman–Crippen MR) is 51.4 cm³/mol. The summed E-state index contributed by atoms with van der Waals surface area (Å²) < 4.78 is 5.04. The zero-order valence-electron chi connectivity index (χ0n) is 7.99. The molecule has 0 heterocycles. The molecule has 0 amide bonds. The van der Waals surface area contributed by atoms with Crippen LogP contribution in [-0.2, 0) is 11.3 Å². The van der Waals surface area contributed by atoms with Crippen molar-refractivity contribution in [3.8, 4) is 5.75 Å². The molecule has 0 saturated carbocycles. The van der Waals surface area contributed by atoms with E-state index in [0.717, 1.165) is 12.2 Å². The average molecular weight is 181 g/mol. The number of hydrogen-bond acceptors (Lipinski definition) is 3. The Morgan fingerprint density at radius 1 is 1.31 bits per heavy atom. The van der Waals surface area contributed by atoms with Crippen molar-refractivity contribution >= 4 is 0 Å². The number of benzene rings is 1. The third-order valence-corrected chi connectivity index (χ3v) is 1.91. The van der Waals surface area contributed by atoms with E-state index in [-0.39, 0.29) is 6.10 Å². The summed E-state index contributed by atoms with van der Waals surface area (Å²) in [5.41, 5.74) is 1.19. The fourth-order valence-corrected chi connectivity index (χ4v) is 1.14. The van der Waals surface area contributed by atoms with E-state index >= 15 is 0 Å². The topological polar surface area (TPSA) is 44.5 Å². The quantitative estimate of drug-likeness (QED) is 0.716. The molecular formula is C10H15NO2. The number of nitrogens with two attached hydrogens (primary N) is 1. The van der Waals surface area contributed by atoms with Crippen LogP contribution in [0.3, 0.4) is 0 Å². The normalized spacial score (nSPS) is 12.5. The lowest BCUT2D eigenvalue weighted by Gasteiger charge is -2.08. The van der Waals surface area contributed by atoms with Crippen LogP contribution >= 0.6 is 0 Å². The molecule has 1 rings (SSSR count). The predicted octanol–water partition coefficient (Wildman–Crippen LogP) is 1.52. The largest absolute Gasteiger partial charge is 0.497 e. The van der Waals surface area contributed by atoms with Crippen LogP contribution in [0.5, 0.6) is 5.75 Å². The standard InChI is InChI=1S/C10H15NO2/c1-8(13-11)7-9-3-5-10(12-2)6-4-9/h3-6,8H,7,11H2,1-2H3. The number of methoxy groups -OCH3 is 1. The van der Waals surface area contributed by atoms with Gasteiger partial charge in [0, 0.05) is 6.42 Å². The molecule has 0 aliphatic heterocycles. The molecule has 0 radical (unpaired) electrons. The molecule has 0 aromatic heterocycles. The first-order valence-corrected chi connectivity index (χ1v) is 4.24. The van der Waals surface area contributed by atoms with Crippen LogP contribution in [0.1, 0.15) is 12.5 Å². The van der Waals surface area contributed by atoms with Gasteiger partial charge in [0.2, 0.25) is 0 Å². The number of ether oxygens (including phenoxy) is 1. The SMILES string of the molecule is COc1ccc(CC(C)ON)cc1. The highest BCUT2D eigenvalue weighted by atomic mass is 16.6. The van der Waals surface area contributed by atoms with E-state index in [0.29, 0.717) is 0 Å². The highest BCUT2D eigenvalue weighted by Gasteiger charge is 2.01. The molecule has 0 saturated heterocycles. The Kier molecular flexibility index (Phi) is 3.73. The molecule has 0 aliphatic carbocycles. The van der Waals surface area contributed by atoms with E-state index in [2.05, 4.69) is 4.84 Å². The van der Waals surface area contributed by atoms with Gasteiger partial charge in [0.25, 0.3) is 0 Å². The van der Waals surface area contributed by atoms with Gasteiger partial charge in [0.15, 0.2) is 0 Å². The van der Waals surface area contributed by atoms with Crippen molar-refractivity contribution in [2.24, 2.45) is 5.90 Å². The summed E-state index contributed by atoms with van der Waals surface area (Å²) in [6, 6.07) is 7.87. The number of rotatable bonds is 4. The molecule has 1 atom stereocenters. The van der Waals surface area contributed by atoms with Gasteiger partial charge in [-0.05, 0) is 24.6 Å². The monoisotopic (exact) mass is 181 g/mol. The van der Waals surface area contributed by atoms with E-state index in [4.69, 9.17) is 10.6 Å². The summed E-state index contributed by atoms with van der Waals surface area (Å²) in [5.74, 6) is 5.92. The Balaban J connectivity index is 2.58. The van der Waals surface area contributed by atoms with E-state index < -0.39 is 0 Å². The maximum Gasteiger partial charge on any atom is 0.118 e. The second kappa shape index (κ2) is 4.84. The van der Waals surface area contributed by atoms with Crippen LogP contribution in [0.15, 0.2) is 24.3 Å². The van der Waals surface area contributed by atoms with Crippen molar-refractivity contribution in [3.05, 3.63) is 29.8 Å². The first-order valence-electron chi connectivity index (χ1n) is 4.24. The Labute approximate surface area is 78.4 Å². The average Bonchev–Trinajstić information content (AvgIpc) is 2.19. The van der Waals surface area contributed by atoms with Gasteiger partial charge in [-0.25, -0.2) is 5.90 Å². The van der Waals surface area contributed by atoms with Gasteiger partial charge in [-0.2, -0.15) is 0 Å². The Bertz CT molecular complexity index is 246. The summed E-state index contributed by atoms with van der Waals surface area (Å²) >= 11 is 0. The summed E-state index contributed by atoms with van der Waals surface area (Å²) in [5, 5.41) is 0. The second-order valence-corrected chi connectivity index (χ2v) is 3.00. The molecule has 0 bridgehead atoms. The van der Waals surface area contributed by atoms with Crippen LogP contribution < -0.4 is 10.6 Å². The lowest BCUT2D eigenvalue weighted by atomic mass is 10.1. The maximum atomic E-state index is 5.05. The first kappa shape index (κ1) is 10.0. The molecule has 3 heteroatoms. The van der Waals surface area contributed by atoms with Crippen molar-refractivity contribution in [2.75, 3.05) is 7.11 Å². The number of hydrogen-bond donors (Lipinski definition) is 1. The van der Waals surface area contributed by atoms with Crippen molar-refractivity contribution in [3.63, 3.8) is 0 Å². The van der Waals surface area contributed by atoms with Crippen molar-refractivity contribution in [1.29, 1.82) is 0 Å². The third kappa shape index (κ3) is 3.05. The summed E-state index contributed by atoms with van der Waals surface area (Å²) in [6.07, 6.45) is 0.869. The molecule has 1 unspecified atom stereocenters. The maximum absolute atomic E-state index is 5.05. The van der Waals surface area contributed by atoms with Crippen LogP contribution in [-0.4, -0.2) is 13.2 Å². The van der Waals surface area contributed by atoms with Crippen molar-refractivity contribution < 1.29 is 9.57 Å². The van der Waals surface area contributed by atoms with E-state index in [1.54, 1.807) is 7.11 Å². The molecule has 0 spiro atoms. The van der Waals surface area contributed by atoms with Gasteiger partial charge in [-0.1, -0.05) is 12.1 Å². The fraction of sp³-hybridized carbons (Fsp3) is 0.400. The lowest BCUT2D eigenvalue weighted by Crippen LogP contribution is -2.15. The lowest BCUT2D eigenvalue weighted by molar-refractivity contribution is 0.0671. The Morgan fingerprint density at radius 3 is 2.38 bits per heavy atom. The van der Waals surface area contributed by atoms with Crippen LogP contribution in [0.25, 0.3) is 0 Å². The zero-order chi connectivity index (χ0) is 9.68. The molecule has 1 aromatic carbocycles. The molecule has 72 valence electrons. The zero-order valence-corrected chi connectivity index (χ0v) is 7.99. The van der Waals surface area contributed by atoms with Crippen LogP contribution in [0.2, 0.25) is 0 Å². The molecule has 0 fully saturated rings. The molecule has 0 aliphatic rings. The Hall–Kier alpha value is -1.06. The minimum atomic E-state index is 0.0494. The van der Waals surface area contributed by atoms with Gasteiger partial charge in [-0.3, -0.25) is 0 Å². The highest BCUT2D eigenvalue weighted by Crippen LogP contribution is 2.12. The Morgan fingerprint density at radius 2 is 1.92 bits per heavy atom. The van der Waals surface area contributed by atoms with E-state index in [1.807, 2.05) is 31.2 Å². The molecule has 3 nitrogen and oxygen atoms in total. The molecular weight excluding hydrogens is 166 g/mol. The summed E-state index contributed by atoms with van der Waals surface area (Å²) in [7, 11) is 1.65. The highest BCUT2D eigenvalue weighted by molar-refractivity contribution is 5.27. The molecule has 2 N–H and O–H groups in total. The van der Waals surface area contributed by atoms with Crippen molar-refractivity contribution in [2.45, 2.75) is 19.4 Å². The van der Waals surface area contributed by atoms with Crippen LogP contribution in [0.4, 0.5) is 0 Å². The van der Waals surface area contributed by atoms with Gasteiger partial charge in [0.05, 0.1) is 13.2 Å². The van der Waals surface area contributed by atoms with Gasteiger partial charge < -0.3 is 9.57 Å². The van der Waals surface area contributed by atoms with Crippen LogP contribution in [0, 0.1) is 0 Å². The summed E-state index contributed by atoms with van der Waals surface area (Å²) in [4.78, 5) is 4.68. The smallest absolute Gasteiger partial charge is 0.118 e. The van der Waals surface area contributed by atoms with Crippen molar-refractivity contribution in [1.82, 2.24) is 0 Å². The van der Waals surface area contributed by atoms with E-state index in [1.165, 1.54) is 5.56 Å².